The average Bonchev–Trinajstić information content (AvgIpc) is 3.49. The number of hydrogen-bond donors (Lipinski definition) is 0. The molecule has 0 radical (unpaired) electrons. The SMILES string of the molecule is CC1(C)c2ccccc2-c2ccc(N(c3ccc(-c4ccc5ccccc5c4)cc3)c3ccc(-c4ccc5ccc6c7ccccc7ccc6c5c4)cc3)cc21. The third-order valence-corrected chi connectivity index (χ3v) is 12.2. The smallest absolute Gasteiger partial charge is 0.0465 e. The van der Waals surface area contributed by atoms with Gasteiger partial charge in [0.1, 0.15) is 0 Å². The van der Waals surface area contributed by atoms with Gasteiger partial charge in [-0.15, -0.1) is 0 Å². The number of benzene rings is 10. The molecule has 10 aromatic carbocycles. The second-order valence-corrected chi connectivity index (χ2v) is 15.8. The largest absolute Gasteiger partial charge is 0.310 e. The molecule has 0 heterocycles. The molecule has 11 rings (SSSR count). The predicted octanol–water partition coefficient (Wildman–Crippen LogP) is 15.4. The van der Waals surface area contributed by atoms with Gasteiger partial charge in [-0.1, -0.05) is 166 Å². The summed E-state index contributed by atoms with van der Waals surface area (Å²) in [4.78, 5) is 2.41. The molecule has 0 bridgehead atoms. The number of nitrogens with zero attached hydrogens (tertiary/aromatic N) is 1. The van der Waals surface area contributed by atoms with E-state index in [4.69, 9.17) is 0 Å². The molecule has 1 heteroatoms. The monoisotopic (exact) mass is 713 g/mol. The Morgan fingerprint density at radius 1 is 0.304 bits per heavy atom. The summed E-state index contributed by atoms with van der Waals surface area (Å²) in [6.07, 6.45) is 0. The Balaban J connectivity index is 1.01. The second kappa shape index (κ2) is 12.5. The highest BCUT2D eigenvalue weighted by Gasteiger charge is 2.35. The fourth-order valence-corrected chi connectivity index (χ4v) is 9.25. The van der Waals surface area contributed by atoms with Crippen LogP contribution in [0.3, 0.4) is 0 Å². The van der Waals surface area contributed by atoms with E-state index in [-0.39, 0.29) is 5.41 Å². The van der Waals surface area contributed by atoms with E-state index < -0.39 is 0 Å². The lowest BCUT2D eigenvalue weighted by Gasteiger charge is -2.28. The van der Waals surface area contributed by atoms with Gasteiger partial charge in [-0.3, -0.25) is 0 Å². The first-order valence-corrected chi connectivity index (χ1v) is 19.6. The number of rotatable bonds is 5. The number of anilines is 3. The lowest BCUT2D eigenvalue weighted by molar-refractivity contribution is 0.660. The van der Waals surface area contributed by atoms with Crippen LogP contribution >= 0.6 is 0 Å². The first-order chi connectivity index (χ1) is 27.5. The molecule has 0 fully saturated rings. The van der Waals surface area contributed by atoms with Gasteiger partial charge in [0.15, 0.2) is 0 Å². The maximum absolute atomic E-state index is 2.42. The van der Waals surface area contributed by atoms with Crippen LogP contribution in [0.15, 0.2) is 200 Å². The molecule has 0 unspecified atom stereocenters. The van der Waals surface area contributed by atoms with Crippen molar-refractivity contribution in [2.75, 3.05) is 4.90 Å². The fraction of sp³-hybridized carbons (Fsp3) is 0.0545. The molecular weight excluding hydrogens is 675 g/mol. The zero-order valence-electron chi connectivity index (χ0n) is 31.5. The van der Waals surface area contributed by atoms with Crippen molar-refractivity contribution in [3.05, 3.63) is 211 Å². The molecule has 1 aliphatic rings. The zero-order chi connectivity index (χ0) is 37.4. The molecule has 0 spiro atoms. The summed E-state index contributed by atoms with van der Waals surface area (Å²) in [5.41, 5.74) is 13.6. The quantitative estimate of drug-likeness (QED) is 0.161. The Labute approximate surface area is 327 Å². The van der Waals surface area contributed by atoms with Crippen LogP contribution in [-0.2, 0) is 5.41 Å². The molecular formula is C55H39N. The Hall–Kier alpha value is -6.96. The molecule has 0 atom stereocenters. The summed E-state index contributed by atoms with van der Waals surface area (Å²) in [7, 11) is 0. The molecule has 1 aliphatic carbocycles. The number of fused-ring (bicyclic) bond motifs is 9. The predicted molar refractivity (Wildman–Crippen MR) is 240 cm³/mol. The highest BCUT2D eigenvalue weighted by atomic mass is 15.1. The van der Waals surface area contributed by atoms with Crippen molar-refractivity contribution in [2.24, 2.45) is 0 Å². The van der Waals surface area contributed by atoms with E-state index in [0.29, 0.717) is 0 Å². The third kappa shape index (κ3) is 5.16. The Kier molecular flexibility index (Phi) is 7.28. The van der Waals surface area contributed by atoms with Crippen LogP contribution in [0, 0.1) is 0 Å². The molecule has 0 saturated heterocycles. The average molecular weight is 714 g/mol. The molecule has 0 aliphatic heterocycles. The summed E-state index contributed by atoms with van der Waals surface area (Å²) >= 11 is 0. The highest BCUT2D eigenvalue weighted by molar-refractivity contribution is 6.17. The van der Waals surface area contributed by atoms with Gasteiger partial charge in [0.2, 0.25) is 0 Å². The van der Waals surface area contributed by atoms with Gasteiger partial charge in [0, 0.05) is 22.5 Å². The fourth-order valence-electron chi connectivity index (χ4n) is 9.25. The highest BCUT2D eigenvalue weighted by Crippen LogP contribution is 2.50. The van der Waals surface area contributed by atoms with Gasteiger partial charge in [-0.2, -0.15) is 0 Å². The van der Waals surface area contributed by atoms with Gasteiger partial charge in [0.05, 0.1) is 0 Å². The van der Waals surface area contributed by atoms with Gasteiger partial charge < -0.3 is 4.90 Å². The van der Waals surface area contributed by atoms with Crippen molar-refractivity contribution >= 4 is 60.2 Å². The molecule has 56 heavy (non-hydrogen) atoms. The van der Waals surface area contributed by atoms with Gasteiger partial charge in [-0.05, 0) is 136 Å². The van der Waals surface area contributed by atoms with Crippen LogP contribution in [-0.4, -0.2) is 0 Å². The van der Waals surface area contributed by atoms with Crippen molar-refractivity contribution in [1.82, 2.24) is 0 Å². The van der Waals surface area contributed by atoms with Crippen molar-refractivity contribution < 1.29 is 0 Å². The lowest BCUT2D eigenvalue weighted by atomic mass is 9.82. The standard InChI is InChI=1S/C55H39N/c1-55(2)53-14-8-7-13-50(53)51-32-29-46(35-54(51)55)56(44-25-19-37(20-26-44)42-17-15-36-9-3-4-11-41(36)33-42)45-27-21-38(22-28-45)43-18-16-40-24-30-48-47-12-6-5-10-39(47)23-31-49(48)52(40)34-43/h3-35H,1-2H3. The maximum atomic E-state index is 2.42. The van der Waals surface area contributed by atoms with E-state index in [1.165, 1.54) is 87.6 Å². The van der Waals surface area contributed by atoms with Crippen molar-refractivity contribution in [2.45, 2.75) is 19.3 Å². The summed E-state index contributed by atoms with van der Waals surface area (Å²) in [5, 5.41) is 10.2. The zero-order valence-corrected chi connectivity index (χ0v) is 31.5. The number of hydrogen-bond acceptors (Lipinski definition) is 1. The molecule has 0 aromatic heterocycles. The normalized spacial score (nSPS) is 13.0. The summed E-state index contributed by atoms with van der Waals surface area (Å²) in [6.45, 7) is 4.71. The third-order valence-electron chi connectivity index (χ3n) is 12.2. The minimum absolute atomic E-state index is 0.0933. The molecule has 264 valence electrons. The van der Waals surface area contributed by atoms with Crippen molar-refractivity contribution in [3.63, 3.8) is 0 Å². The van der Waals surface area contributed by atoms with Gasteiger partial charge in [0.25, 0.3) is 0 Å². The van der Waals surface area contributed by atoms with Crippen molar-refractivity contribution in [1.29, 1.82) is 0 Å². The van der Waals surface area contributed by atoms with E-state index >= 15 is 0 Å². The summed E-state index contributed by atoms with van der Waals surface area (Å²) in [6, 6.07) is 74.0. The Morgan fingerprint density at radius 3 is 1.54 bits per heavy atom. The minimum Gasteiger partial charge on any atom is -0.310 e. The van der Waals surface area contributed by atoms with Crippen LogP contribution in [0.1, 0.15) is 25.0 Å². The van der Waals surface area contributed by atoms with E-state index in [2.05, 4.69) is 219 Å². The molecule has 10 aromatic rings. The Bertz CT molecular complexity index is 3150. The molecule has 0 N–H and O–H groups in total. The first kappa shape index (κ1) is 32.5. The van der Waals surface area contributed by atoms with E-state index in [0.717, 1.165) is 17.1 Å². The van der Waals surface area contributed by atoms with Crippen LogP contribution in [0.4, 0.5) is 17.1 Å². The maximum Gasteiger partial charge on any atom is 0.0465 e. The van der Waals surface area contributed by atoms with E-state index in [1.54, 1.807) is 0 Å². The molecule has 0 saturated carbocycles. The van der Waals surface area contributed by atoms with Crippen LogP contribution in [0.5, 0.6) is 0 Å². The van der Waals surface area contributed by atoms with Crippen molar-refractivity contribution in [3.8, 4) is 33.4 Å². The molecule has 1 nitrogen and oxygen atoms in total. The van der Waals surface area contributed by atoms with E-state index in [1.807, 2.05) is 0 Å². The van der Waals surface area contributed by atoms with Gasteiger partial charge >= 0.3 is 0 Å². The van der Waals surface area contributed by atoms with Crippen LogP contribution in [0.2, 0.25) is 0 Å². The first-order valence-electron chi connectivity index (χ1n) is 19.6. The van der Waals surface area contributed by atoms with E-state index in [9.17, 15) is 0 Å². The topological polar surface area (TPSA) is 3.24 Å². The molecule has 0 amide bonds. The summed E-state index contributed by atoms with van der Waals surface area (Å²) < 4.78 is 0. The second-order valence-electron chi connectivity index (χ2n) is 15.8. The Morgan fingerprint density at radius 2 is 0.804 bits per heavy atom. The van der Waals surface area contributed by atoms with Gasteiger partial charge in [-0.25, -0.2) is 0 Å². The van der Waals surface area contributed by atoms with Crippen LogP contribution < -0.4 is 4.90 Å². The lowest BCUT2D eigenvalue weighted by Crippen LogP contribution is -2.16. The van der Waals surface area contributed by atoms with Crippen LogP contribution in [0.25, 0.3) is 76.5 Å². The summed E-state index contributed by atoms with van der Waals surface area (Å²) in [5.74, 6) is 0. The minimum atomic E-state index is -0.0933.